The zero-order valence-corrected chi connectivity index (χ0v) is 11.7. The molecule has 0 saturated heterocycles. The Morgan fingerprint density at radius 3 is 2.62 bits per heavy atom. The molecule has 1 atom stereocenters. The lowest BCUT2D eigenvalue weighted by atomic mass is 9.93. The van der Waals surface area contributed by atoms with Gasteiger partial charge in [0.2, 0.25) is 0 Å². The maximum atomic E-state index is 3.64. The van der Waals surface area contributed by atoms with Crippen LogP contribution in [-0.2, 0) is 6.42 Å². The van der Waals surface area contributed by atoms with Gasteiger partial charge < -0.3 is 0 Å². The number of rotatable bonds is 4. The summed E-state index contributed by atoms with van der Waals surface area (Å²) in [5.74, 6) is 0.583. The number of thiophene rings is 1. The molecule has 1 aromatic carbocycles. The van der Waals surface area contributed by atoms with Crippen molar-refractivity contribution in [3.8, 4) is 0 Å². The molecule has 0 aliphatic carbocycles. The molecule has 1 heterocycles. The summed E-state index contributed by atoms with van der Waals surface area (Å²) in [6.45, 7) is 2.19. The molecular weight excluding hydrogens is 280 g/mol. The Kier molecular flexibility index (Phi) is 4.19. The summed E-state index contributed by atoms with van der Waals surface area (Å²) in [4.78, 5) is 1.47. The minimum absolute atomic E-state index is 0.583. The van der Waals surface area contributed by atoms with Crippen LogP contribution in [0.3, 0.4) is 0 Å². The van der Waals surface area contributed by atoms with Crippen molar-refractivity contribution in [2.45, 2.75) is 19.3 Å². The van der Waals surface area contributed by atoms with Crippen LogP contribution in [-0.4, -0.2) is 5.33 Å². The van der Waals surface area contributed by atoms with Crippen molar-refractivity contribution >= 4 is 27.3 Å². The van der Waals surface area contributed by atoms with Gasteiger partial charge in [-0.25, -0.2) is 0 Å². The van der Waals surface area contributed by atoms with Crippen molar-refractivity contribution < 1.29 is 0 Å². The van der Waals surface area contributed by atoms with Crippen molar-refractivity contribution in [1.82, 2.24) is 0 Å². The predicted octanol–water partition coefficient (Wildman–Crippen LogP) is 4.78. The molecule has 1 unspecified atom stereocenters. The molecule has 0 saturated carbocycles. The first-order chi connectivity index (χ1) is 7.81. The van der Waals surface area contributed by atoms with Gasteiger partial charge in [0.1, 0.15) is 0 Å². The second kappa shape index (κ2) is 5.65. The summed E-state index contributed by atoms with van der Waals surface area (Å²) in [6.07, 6.45) is 1.13. The van der Waals surface area contributed by atoms with Crippen molar-refractivity contribution in [2.24, 2.45) is 0 Å². The standard InChI is InChI=1S/C14H15BrS/c1-11-5-2-3-7-14(11)12(10-15)9-13-6-4-8-16-13/h2-8,12H,9-10H2,1H3. The zero-order valence-electron chi connectivity index (χ0n) is 9.32. The van der Waals surface area contributed by atoms with E-state index in [9.17, 15) is 0 Å². The number of hydrogen-bond donors (Lipinski definition) is 0. The minimum atomic E-state index is 0.583. The van der Waals surface area contributed by atoms with E-state index < -0.39 is 0 Å². The molecule has 0 aliphatic rings. The molecule has 0 N–H and O–H groups in total. The van der Waals surface area contributed by atoms with Crippen LogP contribution in [0, 0.1) is 6.92 Å². The molecule has 0 radical (unpaired) electrons. The van der Waals surface area contributed by atoms with Gasteiger partial charge in [-0.05, 0) is 41.8 Å². The van der Waals surface area contributed by atoms with Gasteiger partial charge in [-0.3, -0.25) is 0 Å². The average molecular weight is 295 g/mol. The van der Waals surface area contributed by atoms with Crippen molar-refractivity contribution in [2.75, 3.05) is 5.33 Å². The fourth-order valence-corrected chi connectivity index (χ4v) is 3.33. The number of hydrogen-bond acceptors (Lipinski definition) is 1. The summed E-state index contributed by atoms with van der Waals surface area (Å²) in [5, 5.41) is 3.17. The number of alkyl halides is 1. The predicted molar refractivity (Wildman–Crippen MR) is 75.7 cm³/mol. The van der Waals surface area contributed by atoms with Gasteiger partial charge in [-0.1, -0.05) is 46.3 Å². The quantitative estimate of drug-likeness (QED) is 0.712. The van der Waals surface area contributed by atoms with Crippen LogP contribution in [0.5, 0.6) is 0 Å². The van der Waals surface area contributed by atoms with Gasteiger partial charge in [-0.2, -0.15) is 0 Å². The maximum Gasteiger partial charge on any atom is 0.0104 e. The van der Waals surface area contributed by atoms with Crippen LogP contribution in [0.4, 0.5) is 0 Å². The molecule has 16 heavy (non-hydrogen) atoms. The van der Waals surface area contributed by atoms with E-state index in [1.54, 1.807) is 0 Å². The maximum absolute atomic E-state index is 3.64. The highest BCUT2D eigenvalue weighted by Crippen LogP contribution is 2.27. The molecule has 2 aromatic rings. The molecular formula is C14H15BrS. The SMILES string of the molecule is Cc1ccccc1C(CBr)Cc1cccs1. The lowest BCUT2D eigenvalue weighted by Gasteiger charge is -2.16. The van der Waals surface area contributed by atoms with Crippen LogP contribution in [0.25, 0.3) is 0 Å². The Labute approximate surface area is 109 Å². The summed E-state index contributed by atoms with van der Waals surface area (Å²) in [7, 11) is 0. The Morgan fingerprint density at radius 1 is 1.19 bits per heavy atom. The van der Waals surface area contributed by atoms with E-state index in [4.69, 9.17) is 0 Å². The largest absolute Gasteiger partial charge is 0.149 e. The topological polar surface area (TPSA) is 0 Å². The van der Waals surface area contributed by atoms with Gasteiger partial charge in [0.25, 0.3) is 0 Å². The molecule has 0 amide bonds. The van der Waals surface area contributed by atoms with Gasteiger partial charge in [0.05, 0.1) is 0 Å². The fraction of sp³-hybridized carbons (Fsp3) is 0.286. The number of benzene rings is 1. The lowest BCUT2D eigenvalue weighted by molar-refractivity contribution is 0.779. The van der Waals surface area contributed by atoms with Crippen LogP contribution in [0.2, 0.25) is 0 Å². The van der Waals surface area contributed by atoms with Gasteiger partial charge in [-0.15, -0.1) is 11.3 Å². The smallest absolute Gasteiger partial charge is 0.0104 e. The highest BCUT2D eigenvalue weighted by Gasteiger charge is 2.13. The monoisotopic (exact) mass is 294 g/mol. The van der Waals surface area contributed by atoms with Gasteiger partial charge in [0.15, 0.2) is 0 Å². The van der Waals surface area contributed by atoms with Crippen molar-refractivity contribution in [1.29, 1.82) is 0 Å². The first kappa shape index (κ1) is 11.9. The van der Waals surface area contributed by atoms with Crippen LogP contribution in [0.15, 0.2) is 41.8 Å². The molecule has 0 spiro atoms. The number of aryl methyl sites for hydroxylation is 1. The Hall–Kier alpha value is -0.600. The fourth-order valence-electron chi connectivity index (χ4n) is 1.96. The molecule has 1 aromatic heterocycles. The summed E-state index contributed by atoms with van der Waals surface area (Å²) >= 11 is 5.48. The normalized spacial score (nSPS) is 12.6. The molecule has 0 nitrogen and oxygen atoms in total. The van der Waals surface area contributed by atoms with Crippen molar-refractivity contribution in [3.63, 3.8) is 0 Å². The van der Waals surface area contributed by atoms with E-state index >= 15 is 0 Å². The molecule has 0 bridgehead atoms. The van der Waals surface area contributed by atoms with Crippen LogP contribution >= 0.6 is 27.3 Å². The molecule has 0 fully saturated rings. The Balaban J connectivity index is 2.20. The third-order valence-electron chi connectivity index (χ3n) is 2.84. The van der Waals surface area contributed by atoms with Crippen LogP contribution in [0.1, 0.15) is 21.9 Å². The third kappa shape index (κ3) is 2.74. The second-order valence-electron chi connectivity index (χ2n) is 3.99. The van der Waals surface area contributed by atoms with E-state index in [1.165, 1.54) is 16.0 Å². The van der Waals surface area contributed by atoms with E-state index in [-0.39, 0.29) is 0 Å². The Bertz CT molecular complexity index is 434. The highest BCUT2D eigenvalue weighted by atomic mass is 79.9. The molecule has 2 rings (SSSR count). The minimum Gasteiger partial charge on any atom is -0.149 e. The molecule has 0 aliphatic heterocycles. The molecule has 84 valence electrons. The lowest BCUT2D eigenvalue weighted by Crippen LogP contribution is -2.05. The van der Waals surface area contributed by atoms with E-state index in [2.05, 4.69) is 64.6 Å². The summed E-state index contributed by atoms with van der Waals surface area (Å²) < 4.78 is 0. The summed E-state index contributed by atoms with van der Waals surface area (Å²) in [5.41, 5.74) is 2.86. The van der Waals surface area contributed by atoms with Gasteiger partial charge >= 0.3 is 0 Å². The number of halogens is 1. The highest BCUT2D eigenvalue weighted by molar-refractivity contribution is 9.09. The average Bonchev–Trinajstić information content (AvgIpc) is 2.80. The molecule has 2 heteroatoms. The van der Waals surface area contributed by atoms with E-state index in [1.807, 2.05) is 11.3 Å². The first-order valence-corrected chi connectivity index (χ1v) is 7.45. The van der Waals surface area contributed by atoms with Crippen molar-refractivity contribution in [3.05, 3.63) is 57.8 Å². The Morgan fingerprint density at radius 2 is 2.00 bits per heavy atom. The zero-order chi connectivity index (χ0) is 11.4. The van der Waals surface area contributed by atoms with Crippen LogP contribution < -0.4 is 0 Å². The van der Waals surface area contributed by atoms with E-state index in [0.29, 0.717) is 5.92 Å². The third-order valence-corrected chi connectivity index (χ3v) is 4.52. The first-order valence-electron chi connectivity index (χ1n) is 5.45. The van der Waals surface area contributed by atoms with E-state index in [0.717, 1.165) is 11.8 Å². The summed E-state index contributed by atoms with van der Waals surface area (Å²) in [6, 6.07) is 13.0. The van der Waals surface area contributed by atoms with Gasteiger partial charge in [0, 0.05) is 10.2 Å². The second-order valence-corrected chi connectivity index (χ2v) is 5.67.